The average Bonchev–Trinajstić information content (AvgIpc) is 2.95. The lowest BCUT2D eigenvalue weighted by Gasteiger charge is -2.10. The Hall–Kier alpha value is -3.09. The fourth-order valence-electron chi connectivity index (χ4n) is 2.92. The van der Waals surface area contributed by atoms with E-state index in [1.165, 1.54) is 6.92 Å². The van der Waals surface area contributed by atoms with Crippen molar-refractivity contribution in [3.63, 3.8) is 0 Å². The molecule has 0 radical (unpaired) electrons. The SMILES string of the molecule is CC(=O)c1ccc(NC(=O)CCc2c(C)nc3nc(C)nn3c2C)cc1. The molecular formula is C19H21N5O2. The molecule has 134 valence electrons. The summed E-state index contributed by atoms with van der Waals surface area (Å²) in [5.74, 6) is 1.16. The van der Waals surface area contributed by atoms with Crippen LogP contribution in [0.2, 0.25) is 0 Å². The lowest BCUT2D eigenvalue weighted by Crippen LogP contribution is -2.14. The second-order valence-electron chi connectivity index (χ2n) is 6.31. The van der Waals surface area contributed by atoms with E-state index < -0.39 is 0 Å². The number of aryl methyl sites for hydroxylation is 3. The minimum Gasteiger partial charge on any atom is -0.326 e. The molecule has 0 atom stereocenters. The maximum atomic E-state index is 12.3. The second kappa shape index (κ2) is 7.03. The van der Waals surface area contributed by atoms with Crippen molar-refractivity contribution in [3.8, 4) is 0 Å². The van der Waals surface area contributed by atoms with E-state index in [0.717, 1.165) is 17.0 Å². The van der Waals surface area contributed by atoms with Crippen molar-refractivity contribution in [1.82, 2.24) is 19.6 Å². The van der Waals surface area contributed by atoms with Gasteiger partial charge in [0.1, 0.15) is 5.82 Å². The Morgan fingerprint density at radius 2 is 1.77 bits per heavy atom. The zero-order valence-corrected chi connectivity index (χ0v) is 15.3. The second-order valence-corrected chi connectivity index (χ2v) is 6.31. The summed E-state index contributed by atoms with van der Waals surface area (Å²) in [6.45, 7) is 7.22. The zero-order chi connectivity index (χ0) is 18.8. The highest BCUT2D eigenvalue weighted by atomic mass is 16.1. The third-order valence-corrected chi connectivity index (χ3v) is 4.33. The molecule has 0 aliphatic carbocycles. The van der Waals surface area contributed by atoms with Crippen molar-refractivity contribution >= 4 is 23.2 Å². The molecule has 3 rings (SSSR count). The van der Waals surface area contributed by atoms with E-state index in [0.29, 0.717) is 35.7 Å². The lowest BCUT2D eigenvalue weighted by molar-refractivity contribution is -0.116. The summed E-state index contributed by atoms with van der Waals surface area (Å²) in [4.78, 5) is 32.3. The number of nitrogens with one attached hydrogen (secondary N) is 1. The summed E-state index contributed by atoms with van der Waals surface area (Å²) in [7, 11) is 0. The van der Waals surface area contributed by atoms with Gasteiger partial charge in [0.25, 0.3) is 5.78 Å². The Morgan fingerprint density at radius 3 is 2.42 bits per heavy atom. The number of fused-ring (bicyclic) bond motifs is 1. The monoisotopic (exact) mass is 351 g/mol. The molecule has 7 nitrogen and oxygen atoms in total. The fraction of sp³-hybridized carbons (Fsp3) is 0.316. The molecule has 0 aliphatic rings. The van der Waals surface area contributed by atoms with Crippen LogP contribution in [0.5, 0.6) is 0 Å². The predicted molar refractivity (Wildman–Crippen MR) is 98.4 cm³/mol. The number of benzene rings is 1. The summed E-state index contributed by atoms with van der Waals surface area (Å²) in [6.07, 6.45) is 0.897. The van der Waals surface area contributed by atoms with Gasteiger partial charge in [-0.1, -0.05) is 0 Å². The van der Waals surface area contributed by atoms with Gasteiger partial charge in [0.2, 0.25) is 5.91 Å². The van der Waals surface area contributed by atoms with Crippen LogP contribution in [0.4, 0.5) is 5.69 Å². The van der Waals surface area contributed by atoms with Crippen molar-refractivity contribution in [2.24, 2.45) is 0 Å². The van der Waals surface area contributed by atoms with E-state index in [4.69, 9.17) is 0 Å². The Labute approximate surface area is 151 Å². The van der Waals surface area contributed by atoms with Gasteiger partial charge in [0.15, 0.2) is 5.78 Å². The molecule has 26 heavy (non-hydrogen) atoms. The van der Waals surface area contributed by atoms with Crippen LogP contribution in [0.3, 0.4) is 0 Å². The van der Waals surface area contributed by atoms with E-state index in [-0.39, 0.29) is 11.7 Å². The van der Waals surface area contributed by atoms with Gasteiger partial charge in [-0.05, 0) is 63.9 Å². The first-order valence-corrected chi connectivity index (χ1v) is 8.45. The molecule has 0 unspecified atom stereocenters. The van der Waals surface area contributed by atoms with Crippen molar-refractivity contribution < 1.29 is 9.59 Å². The van der Waals surface area contributed by atoms with E-state index in [9.17, 15) is 9.59 Å². The summed E-state index contributed by atoms with van der Waals surface area (Å²) < 4.78 is 1.72. The number of ketones is 1. The van der Waals surface area contributed by atoms with Crippen LogP contribution < -0.4 is 5.32 Å². The Bertz CT molecular complexity index is 989. The standard InChI is InChI=1S/C19H21N5O2/c1-11-17(12(2)24-19(20-11)21-14(4)23-24)9-10-18(26)22-16-7-5-15(6-8-16)13(3)25/h5-8H,9-10H2,1-4H3,(H,22,26). The fourth-order valence-corrected chi connectivity index (χ4v) is 2.92. The van der Waals surface area contributed by atoms with Gasteiger partial charge in [-0.15, -0.1) is 0 Å². The molecule has 2 aromatic heterocycles. The van der Waals surface area contributed by atoms with Crippen molar-refractivity contribution in [1.29, 1.82) is 0 Å². The number of amides is 1. The lowest BCUT2D eigenvalue weighted by atomic mass is 10.1. The molecular weight excluding hydrogens is 330 g/mol. The van der Waals surface area contributed by atoms with Crippen LogP contribution in [0.15, 0.2) is 24.3 Å². The number of carbonyl (C=O) groups excluding carboxylic acids is 2. The molecule has 0 spiro atoms. The maximum Gasteiger partial charge on any atom is 0.252 e. The third kappa shape index (κ3) is 3.61. The molecule has 3 aromatic rings. The highest BCUT2D eigenvalue weighted by Crippen LogP contribution is 2.16. The van der Waals surface area contributed by atoms with Gasteiger partial charge in [0.05, 0.1) is 0 Å². The van der Waals surface area contributed by atoms with Gasteiger partial charge in [-0.25, -0.2) is 9.50 Å². The minimum atomic E-state index is -0.0887. The number of rotatable bonds is 5. The molecule has 1 aromatic carbocycles. The zero-order valence-electron chi connectivity index (χ0n) is 15.3. The minimum absolute atomic E-state index is 0.0000621. The maximum absolute atomic E-state index is 12.3. The van der Waals surface area contributed by atoms with Gasteiger partial charge in [-0.3, -0.25) is 9.59 Å². The van der Waals surface area contributed by atoms with Gasteiger partial charge in [0, 0.05) is 29.1 Å². The topological polar surface area (TPSA) is 89.2 Å². The van der Waals surface area contributed by atoms with Crippen LogP contribution in [0.1, 0.15) is 46.5 Å². The average molecular weight is 351 g/mol. The normalized spacial score (nSPS) is 10.9. The predicted octanol–water partition coefficient (Wildman–Crippen LogP) is 2.82. The molecule has 0 fully saturated rings. The molecule has 0 saturated carbocycles. The van der Waals surface area contributed by atoms with Crippen LogP contribution in [0.25, 0.3) is 5.78 Å². The first kappa shape index (κ1) is 17.7. The van der Waals surface area contributed by atoms with Gasteiger partial charge in [-0.2, -0.15) is 10.1 Å². The van der Waals surface area contributed by atoms with E-state index >= 15 is 0 Å². The molecule has 0 bridgehead atoms. The smallest absolute Gasteiger partial charge is 0.252 e. The largest absolute Gasteiger partial charge is 0.326 e. The van der Waals surface area contributed by atoms with Crippen molar-refractivity contribution in [2.75, 3.05) is 5.32 Å². The van der Waals surface area contributed by atoms with E-state index in [1.54, 1.807) is 28.8 Å². The quantitative estimate of drug-likeness (QED) is 0.714. The number of hydrogen-bond acceptors (Lipinski definition) is 5. The third-order valence-electron chi connectivity index (χ3n) is 4.33. The van der Waals surface area contributed by atoms with Crippen LogP contribution in [-0.4, -0.2) is 31.3 Å². The number of anilines is 1. The van der Waals surface area contributed by atoms with Crippen LogP contribution in [-0.2, 0) is 11.2 Å². The molecule has 0 aliphatic heterocycles. The number of Topliss-reactive ketones (excluding diaryl/α,β-unsaturated/α-hetero) is 1. The molecule has 0 saturated heterocycles. The van der Waals surface area contributed by atoms with Gasteiger partial charge >= 0.3 is 0 Å². The number of carbonyl (C=O) groups is 2. The number of aromatic nitrogens is 4. The van der Waals surface area contributed by atoms with E-state index in [1.807, 2.05) is 20.8 Å². The highest BCUT2D eigenvalue weighted by Gasteiger charge is 2.13. The summed E-state index contributed by atoms with van der Waals surface area (Å²) in [6, 6.07) is 6.88. The van der Waals surface area contributed by atoms with Crippen molar-refractivity contribution in [2.45, 2.75) is 40.5 Å². The molecule has 1 N–H and O–H groups in total. The number of hydrogen-bond donors (Lipinski definition) is 1. The Balaban J connectivity index is 1.69. The van der Waals surface area contributed by atoms with Gasteiger partial charge < -0.3 is 5.32 Å². The first-order valence-electron chi connectivity index (χ1n) is 8.45. The Morgan fingerprint density at radius 1 is 1.08 bits per heavy atom. The Kier molecular flexibility index (Phi) is 4.79. The summed E-state index contributed by atoms with van der Waals surface area (Å²) in [5, 5.41) is 7.20. The van der Waals surface area contributed by atoms with Crippen LogP contribution >= 0.6 is 0 Å². The summed E-state index contributed by atoms with van der Waals surface area (Å²) >= 11 is 0. The first-order chi connectivity index (χ1) is 12.3. The molecule has 7 heteroatoms. The highest BCUT2D eigenvalue weighted by molar-refractivity contribution is 5.95. The molecule has 1 amide bonds. The van der Waals surface area contributed by atoms with Crippen LogP contribution in [0, 0.1) is 20.8 Å². The number of nitrogens with zero attached hydrogens (tertiary/aromatic N) is 4. The van der Waals surface area contributed by atoms with E-state index in [2.05, 4.69) is 20.4 Å². The summed E-state index contributed by atoms with van der Waals surface area (Å²) in [5.41, 5.74) is 4.11. The molecule has 2 heterocycles. The van der Waals surface area contributed by atoms with Crippen molar-refractivity contribution in [3.05, 3.63) is 52.6 Å².